The van der Waals surface area contributed by atoms with E-state index in [4.69, 9.17) is 14.2 Å². The van der Waals surface area contributed by atoms with Crippen LogP contribution in [0.5, 0.6) is 17.2 Å². The lowest BCUT2D eigenvalue weighted by atomic mass is 10.1. The number of rotatable bonds is 9. The van der Waals surface area contributed by atoms with Gasteiger partial charge in [0.25, 0.3) is 0 Å². The molecule has 0 N–H and O–H groups in total. The predicted molar refractivity (Wildman–Crippen MR) is 105 cm³/mol. The summed E-state index contributed by atoms with van der Waals surface area (Å²) in [6.07, 6.45) is 5.93. The van der Waals surface area contributed by atoms with E-state index in [2.05, 4.69) is 0 Å². The van der Waals surface area contributed by atoms with E-state index in [1.54, 1.807) is 63.8 Å². The highest BCUT2D eigenvalue weighted by Gasteiger charge is 2.05. The Morgan fingerprint density at radius 2 is 1.30 bits per heavy atom. The predicted octanol–water partition coefficient (Wildman–Crippen LogP) is 3.97. The van der Waals surface area contributed by atoms with Gasteiger partial charge in [-0.3, -0.25) is 9.59 Å². The first-order valence-corrected chi connectivity index (χ1v) is 8.33. The van der Waals surface area contributed by atoms with Crippen molar-refractivity contribution in [2.75, 3.05) is 21.3 Å². The molecule has 0 aliphatic rings. The van der Waals surface area contributed by atoms with Gasteiger partial charge in [0.05, 0.1) is 27.8 Å². The number of allylic oxidation sites excluding steroid dienone is 2. The molecule has 2 aromatic carbocycles. The molecule has 2 rings (SSSR count). The molecule has 0 radical (unpaired) electrons. The Bertz CT molecular complexity index is 848. The maximum absolute atomic E-state index is 12.0. The third kappa shape index (κ3) is 6.15. The molecular weight excluding hydrogens is 344 g/mol. The second-order valence-electron chi connectivity index (χ2n) is 5.66. The molecule has 0 bridgehead atoms. The maximum atomic E-state index is 12.0. The van der Waals surface area contributed by atoms with E-state index < -0.39 is 0 Å². The van der Waals surface area contributed by atoms with Crippen LogP contribution < -0.4 is 14.2 Å². The van der Waals surface area contributed by atoms with E-state index in [0.717, 1.165) is 16.9 Å². The number of hydrogen-bond donors (Lipinski definition) is 0. The zero-order chi connectivity index (χ0) is 19.6. The molecule has 0 fully saturated rings. The Morgan fingerprint density at radius 1 is 0.741 bits per heavy atom. The van der Waals surface area contributed by atoms with Gasteiger partial charge in [0.2, 0.25) is 0 Å². The fraction of sp³-hybridized carbons (Fsp3) is 0.182. The topological polar surface area (TPSA) is 61.8 Å². The van der Waals surface area contributed by atoms with Crippen molar-refractivity contribution in [1.82, 2.24) is 0 Å². The first-order valence-electron chi connectivity index (χ1n) is 8.33. The first kappa shape index (κ1) is 20.0. The molecule has 2 aromatic rings. The molecule has 27 heavy (non-hydrogen) atoms. The monoisotopic (exact) mass is 366 g/mol. The summed E-state index contributed by atoms with van der Waals surface area (Å²) < 4.78 is 15.5. The van der Waals surface area contributed by atoms with Crippen molar-refractivity contribution in [2.45, 2.75) is 6.42 Å². The summed E-state index contributed by atoms with van der Waals surface area (Å²) in [5.74, 6) is 1.40. The van der Waals surface area contributed by atoms with Crippen molar-refractivity contribution in [3.05, 3.63) is 65.7 Å². The summed E-state index contributed by atoms with van der Waals surface area (Å²) >= 11 is 0. The highest BCUT2D eigenvalue weighted by Crippen LogP contribution is 2.27. The zero-order valence-electron chi connectivity index (χ0n) is 15.6. The van der Waals surface area contributed by atoms with Gasteiger partial charge >= 0.3 is 0 Å². The lowest BCUT2D eigenvalue weighted by molar-refractivity contribution is -0.121. The molecule has 0 heterocycles. The minimum absolute atomic E-state index is 0.184. The Labute approximate surface area is 158 Å². The Kier molecular flexibility index (Phi) is 7.37. The summed E-state index contributed by atoms with van der Waals surface area (Å²) in [7, 11) is 4.70. The van der Waals surface area contributed by atoms with Gasteiger partial charge in [0.1, 0.15) is 5.75 Å². The first-order chi connectivity index (χ1) is 13.0. The Morgan fingerprint density at radius 3 is 1.85 bits per heavy atom. The summed E-state index contributed by atoms with van der Waals surface area (Å²) in [5.41, 5.74) is 1.64. The largest absolute Gasteiger partial charge is 0.497 e. The third-order valence-corrected chi connectivity index (χ3v) is 3.80. The molecule has 5 heteroatoms. The number of ketones is 2. The minimum atomic E-state index is -0.269. The van der Waals surface area contributed by atoms with Crippen LogP contribution in [0.4, 0.5) is 0 Å². The van der Waals surface area contributed by atoms with Crippen LogP contribution in [0.15, 0.2) is 54.6 Å². The van der Waals surface area contributed by atoms with Crippen molar-refractivity contribution in [3.63, 3.8) is 0 Å². The summed E-state index contributed by atoms with van der Waals surface area (Å²) in [4.78, 5) is 23.9. The summed E-state index contributed by atoms with van der Waals surface area (Å²) in [6.45, 7) is 0. The van der Waals surface area contributed by atoms with Gasteiger partial charge in [-0.05, 0) is 47.5 Å². The van der Waals surface area contributed by atoms with Crippen molar-refractivity contribution in [1.29, 1.82) is 0 Å². The van der Waals surface area contributed by atoms with Gasteiger partial charge < -0.3 is 14.2 Å². The normalized spacial score (nSPS) is 10.9. The van der Waals surface area contributed by atoms with E-state index in [0.29, 0.717) is 11.5 Å². The van der Waals surface area contributed by atoms with E-state index in [9.17, 15) is 9.59 Å². The van der Waals surface area contributed by atoms with E-state index in [1.165, 1.54) is 12.2 Å². The van der Waals surface area contributed by atoms with E-state index >= 15 is 0 Å². The van der Waals surface area contributed by atoms with E-state index in [1.807, 2.05) is 12.1 Å². The smallest absolute Gasteiger partial charge is 0.163 e. The number of benzene rings is 2. The number of carbonyl (C=O) groups excluding carboxylic acids is 2. The van der Waals surface area contributed by atoms with Crippen LogP contribution in [0.1, 0.15) is 17.5 Å². The van der Waals surface area contributed by atoms with Crippen LogP contribution in [0.3, 0.4) is 0 Å². The van der Waals surface area contributed by atoms with E-state index in [-0.39, 0.29) is 18.0 Å². The van der Waals surface area contributed by atoms with Crippen molar-refractivity contribution < 1.29 is 23.8 Å². The van der Waals surface area contributed by atoms with Gasteiger partial charge in [-0.2, -0.15) is 0 Å². The van der Waals surface area contributed by atoms with Gasteiger partial charge in [-0.15, -0.1) is 0 Å². The Balaban J connectivity index is 1.93. The molecule has 0 aliphatic carbocycles. The number of ether oxygens (including phenoxy) is 3. The average Bonchev–Trinajstić information content (AvgIpc) is 2.70. The van der Waals surface area contributed by atoms with Gasteiger partial charge in [0.15, 0.2) is 23.1 Å². The number of carbonyl (C=O) groups is 2. The lowest BCUT2D eigenvalue weighted by Gasteiger charge is -2.07. The van der Waals surface area contributed by atoms with Crippen LogP contribution in [0.2, 0.25) is 0 Å². The zero-order valence-corrected chi connectivity index (χ0v) is 15.6. The fourth-order valence-electron chi connectivity index (χ4n) is 2.34. The molecule has 0 atom stereocenters. The van der Waals surface area contributed by atoms with Crippen molar-refractivity contribution in [2.24, 2.45) is 0 Å². The molecule has 0 saturated carbocycles. The van der Waals surface area contributed by atoms with Crippen LogP contribution >= 0.6 is 0 Å². The highest BCUT2D eigenvalue weighted by atomic mass is 16.5. The van der Waals surface area contributed by atoms with Gasteiger partial charge in [-0.25, -0.2) is 0 Å². The quantitative estimate of drug-likeness (QED) is 0.496. The molecule has 0 aliphatic heterocycles. The van der Waals surface area contributed by atoms with Crippen molar-refractivity contribution in [3.8, 4) is 17.2 Å². The fourth-order valence-corrected chi connectivity index (χ4v) is 2.34. The highest BCUT2D eigenvalue weighted by molar-refractivity contribution is 6.10. The van der Waals surface area contributed by atoms with Crippen LogP contribution in [-0.4, -0.2) is 32.9 Å². The molecule has 5 nitrogen and oxygen atoms in total. The second kappa shape index (κ2) is 9.97. The number of methoxy groups -OCH3 is 3. The molecule has 0 amide bonds. The number of hydrogen-bond acceptors (Lipinski definition) is 5. The van der Waals surface area contributed by atoms with Crippen LogP contribution in [-0.2, 0) is 9.59 Å². The lowest BCUT2D eigenvalue weighted by Crippen LogP contribution is -2.01. The summed E-state index contributed by atoms with van der Waals surface area (Å²) in [5, 5.41) is 0. The van der Waals surface area contributed by atoms with Crippen LogP contribution in [0.25, 0.3) is 12.2 Å². The molecule has 0 aromatic heterocycles. The molecule has 0 unspecified atom stereocenters. The SMILES string of the molecule is COc1ccc(/C=C/C(=O)CC(=O)/C=C/c2ccc(OC)c(OC)c2)cc1. The molecule has 0 saturated heterocycles. The van der Waals surface area contributed by atoms with Gasteiger partial charge in [-0.1, -0.05) is 30.4 Å². The molecule has 0 spiro atoms. The average molecular weight is 366 g/mol. The molecule has 140 valence electrons. The minimum Gasteiger partial charge on any atom is -0.497 e. The van der Waals surface area contributed by atoms with Gasteiger partial charge in [0, 0.05) is 0 Å². The second-order valence-corrected chi connectivity index (χ2v) is 5.66. The maximum Gasteiger partial charge on any atom is 0.163 e. The third-order valence-electron chi connectivity index (χ3n) is 3.80. The van der Waals surface area contributed by atoms with Crippen LogP contribution in [0, 0.1) is 0 Å². The Hall–Kier alpha value is -3.34. The summed E-state index contributed by atoms with van der Waals surface area (Å²) in [6, 6.07) is 12.6. The van der Waals surface area contributed by atoms with Crippen molar-refractivity contribution >= 4 is 23.7 Å². The standard InChI is InChI=1S/C22H22O5/c1-25-20-11-6-16(7-12-20)4-9-18(23)15-19(24)10-5-17-8-13-21(26-2)22(14-17)27-3/h4-14H,15H2,1-3H3/b9-4+,10-5+. The molecular formula is C22H22O5.